The van der Waals surface area contributed by atoms with E-state index in [2.05, 4.69) is 12.1 Å². The Kier molecular flexibility index (Phi) is 5.12. The van der Waals surface area contributed by atoms with E-state index in [0.29, 0.717) is 11.5 Å². The number of carbonyl (C=O) groups is 1. The normalized spacial score (nSPS) is 18.2. The molecule has 1 aliphatic rings. The summed E-state index contributed by atoms with van der Waals surface area (Å²) in [4.78, 5) is 15.1. The van der Waals surface area contributed by atoms with Crippen LogP contribution >= 0.6 is 0 Å². The summed E-state index contributed by atoms with van der Waals surface area (Å²) in [7, 11) is 4.83. The molecule has 5 heteroatoms. The molecule has 1 heterocycles. The van der Waals surface area contributed by atoms with Crippen molar-refractivity contribution in [2.75, 3.05) is 26.2 Å². The van der Waals surface area contributed by atoms with Crippen LogP contribution in [0.25, 0.3) is 0 Å². The fourth-order valence-corrected chi connectivity index (χ4v) is 3.88. The van der Waals surface area contributed by atoms with E-state index in [1.54, 1.807) is 21.3 Å². The van der Waals surface area contributed by atoms with E-state index in [4.69, 9.17) is 14.2 Å². The first-order chi connectivity index (χ1) is 14.2. The molecule has 0 aromatic heterocycles. The molecule has 3 aromatic carbocycles. The van der Waals surface area contributed by atoms with E-state index in [1.807, 2.05) is 65.6 Å². The first kappa shape index (κ1) is 18.9. The van der Waals surface area contributed by atoms with Crippen molar-refractivity contribution in [3.05, 3.63) is 83.9 Å². The van der Waals surface area contributed by atoms with Gasteiger partial charge in [-0.15, -0.1) is 0 Å². The Labute approximate surface area is 170 Å². The van der Waals surface area contributed by atoms with Crippen LogP contribution in [0.2, 0.25) is 0 Å². The van der Waals surface area contributed by atoms with E-state index in [-0.39, 0.29) is 17.9 Å². The van der Waals surface area contributed by atoms with Crippen molar-refractivity contribution in [1.82, 2.24) is 0 Å². The standard InChI is InChI=1S/C24H23NO4/c1-27-19-12-10-18(11-13-19)25-23(16-7-5-4-6-8-16)22(24(25)26)17-9-14-20(28-2)21(15-17)29-3/h4-15,22-23H,1-3H3/t22-,23-/m1/s1. The van der Waals surface area contributed by atoms with Crippen molar-refractivity contribution < 1.29 is 19.0 Å². The lowest BCUT2D eigenvalue weighted by molar-refractivity contribution is -0.126. The molecule has 0 saturated carbocycles. The first-order valence-electron chi connectivity index (χ1n) is 9.42. The number of methoxy groups -OCH3 is 3. The quantitative estimate of drug-likeness (QED) is 0.579. The van der Waals surface area contributed by atoms with Crippen LogP contribution in [-0.4, -0.2) is 27.2 Å². The number of hydrogen-bond acceptors (Lipinski definition) is 4. The Morgan fingerprint density at radius 2 is 1.41 bits per heavy atom. The molecule has 4 rings (SSSR count). The minimum absolute atomic E-state index is 0.0521. The number of carbonyl (C=O) groups excluding carboxylic acids is 1. The van der Waals surface area contributed by atoms with Gasteiger partial charge in [0.1, 0.15) is 5.75 Å². The van der Waals surface area contributed by atoms with Crippen LogP contribution in [0.3, 0.4) is 0 Å². The SMILES string of the molecule is COc1ccc(N2C(=O)[C@H](c3ccc(OC)c(OC)c3)[C@H]2c2ccccc2)cc1. The van der Waals surface area contributed by atoms with Crippen molar-refractivity contribution >= 4 is 11.6 Å². The van der Waals surface area contributed by atoms with Gasteiger partial charge in [-0.05, 0) is 47.5 Å². The number of anilines is 1. The van der Waals surface area contributed by atoms with Gasteiger partial charge >= 0.3 is 0 Å². The van der Waals surface area contributed by atoms with Gasteiger partial charge in [-0.1, -0.05) is 36.4 Å². The number of benzene rings is 3. The fourth-order valence-electron chi connectivity index (χ4n) is 3.88. The third kappa shape index (κ3) is 3.29. The molecule has 0 spiro atoms. The lowest BCUT2D eigenvalue weighted by Crippen LogP contribution is -2.53. The van der Waals surface area contributed by atoms with Crippen LogP contribution in [0.5, 0.6) is 17.2 Å². The smallest absolute Gasteiger partial charge is 0.237 e. The zero-order valence-corrected chi connectivity index (χ0v) is 16.7. The molecule has 1 amide bonds. The minimum Gasteiger partial charge on any atom is -0.497 e. The number of β-lactam (4-membered cyclic amide) rings is 1. The molecule has 0 radical (unpaired) electrons. The topological polar surface area (TPSA) is 48.0 Å². The molecule has 0 N–H and O–H groups in total. The van der Waals surface area contributed by atoms with Gasteiger partial charge in [-0.3, -0.25) is 4.79 Å². The van der Waals surface area contributed by atoms with Gasteiger partial charge in [0.15, 0.2) is 11.5 Å². The van der Waals surface area contributed by atoms with Crippen molar-refractivity contribution in [2.24, 2.45) is 0 Å². The second-order valence-electron chi connectivity index (χ2n) is 6.85. The Hall–Kier alpha value is -3.47. The maximum atomic E-state index is 13.3. The average molecular weight is 389 g/mol. The largest absolute Gasteiger partial charge is 0.497 e. The van der Waals surface area contributed by atoms with E-state index in [0.717, 1.165) is 22.6 Å². The molecule has 1 fully saturated rings. The number of nitrogens with zero attached hydrogens (tertiary/aromatic N) is 1. The summed E-state index contributed by atoms with van der Waals surface area (Å²) in [5.74, 6) is 1.78. The third-order valence-corrected chi connectivity index (χ3v) is 5.36. The molecule has 3 aromatic rings. The molecule has 1 aliphatic heterocycles. The fraction of sp³-hybridized carbons (Fsp3) is 0.208. The number of amides is 1. The van der Waals surface area contributed by atoms with Crippen molar-refractivity contribution in [3.8, 4) is 17.2 Å². The van der Waals surface area contributed by atoms with Gasteiger partial charge in [0, 0.05) is 5.69 Å². The zero-order chi connectivity index (χ0) is 20.4. The number of rotatable bonds is 6. The van der Waals surface area contributed by atoms with Gasteiger partial charge in [0.25, 0.3) is 0 Å². The molecule has 5 nitrogen and oxygen atoms in total. The second-order valence-corrected chi connectivity index (χ2v) is 6.85. The Balaban J connectivity index is 1.75. The number of hydrogen-bond donors (Lipinski definition) is 0. The summed E-state index contributed by atoms with van der Waals surface area (Å²) in [6, 6.07) is 23.2. The van der Waals surface area contributed by atoms with E-state index >= 15 is 0 Å². The van der Waals surface area contributed by atoms with Crippen LogP contribution in [-0.2, 0) is 4.79 Å². The Bertz CT molecular complexity index is 1000. The van der Waals surface area contributed by atoms with Gasteiger partial charge < -0.3 is 19.1 Å². The summed E-state index contributed by atoms with van der Waals surface area (Å²) in [5, 5.41) is 0. The van der Waals surface area contributed by atoms with Gasteiger partial charge in [0.05, 0.1) is 33.3 Å². The third-order valence-electron chi connectivity index (χ3n) is 5.36. The Morgan fingerprint density at radius 3 is 2.03 bits per heavy atom. The molecule has 29 heavy (non-hydrogen) atoms. The molecule has 0 bridgehead atoms. The highest BCUT2D eigenvalue weighted by Gasteiger charge is 2.49. The highest BCUT2D eigenvalue weighted by Crippen LogP contribution is 2.50. The van der Waals surface area contributed by atoms with Gasteiger partial charge in [-0.2, -0.15) is 0 Å². The maximum absolute atomic E-state index is 13.3. The highest BCUT2D eigenvalue weighted by molar-refractivity contribution is 6.06. The van der Waals surface area contributed by atoms with Crippen molar-refractivity contribution in [2.45, 2.75) is 12.0 Å². The highest BCUT2D eigenvalue weighted by atomic mass is 16.5. The summed E-state index contributed by atoms with van der Waals surface area (Å²) in [6.07, 6.45) is 0. The molecule has 1 saturated heterocycles. The molecule has 2 atom stereocenters. The molecular weight excluding hydrogens is 366 g/mol. The summed E-state index contributed by atoms with van der Waals surface area (Å²) < 4.78 is 16.0. The van der Waals surface area contributed by atoms with Crippen LogP contribution in [0.4, 0.5) is 5.69 Å². The maximum Gasteiger partial charge on any atom is 0.237 e. The summed E-state index contributed by atoms with van der Waals surface area (Å²) in [6.45, 7) is 0. The van der Waals surface area contributed by atoms with Crippen molar-refractivity contribution in [3.63, 3.8) is 0 Å². The van der Waals surface area contributed by atoms with Gasteiger partial charge in [0.2, 0.25) is 5.91 Å². The predicted octanol–water partition coefficient (Wildman–Crippen LogP) is 4.58. The average Bonchev–Trinajstić information content (AvgIpc) is 2.78. The lowest BCUT2D eigenvalue weighted by Gasteiger charge is -2.47. The monoisotopic (exact) mass is 389 g/mol. The van der Waals surface area contributed by atoms with Crippen molar-refractivity contribution in [1.29, 1.82) is 0 Å². The van der Waals surface area contributed by atoms with Gasteiger partial charge in [-0.25, -0.2) is 0 Å². The molecule has 0 unspecified atom stereocenters. The van der Waals surface area contributed by atoms with Crippen LogP contribution in [0, 0.1) is 0 Å². The first-order valence-corrected chi connectivity index (χ1v) is 9.42. The van der Waals surface area contributed by atoms with Crippen LogP contribution in [0.1, 0.15) is 23.1 Å². The molecular formula is C24H23NO4. The molecule has 148 valence electrons. The predicted molar refractivity (Wildman–Crippen MR) is 112 cm³/mol. The molecule has 0 aliphatic carbocycles. The second kappa shape index (κ2) is 7.87. The van der Waals surface area contributed by atoms with Crippen LogP contribution in [0.15, 0.2) is 72.8 Å². The van der Waals surface area contributed by atoms with E-state index < -0.39 is 0 Å². The minimum atomic E-state index is -0.292. The lowest BCUT2D eigenvalue weighted by atomic mass is 9.77. The summed E-state index contributed by atoms with van der Waals surface area (Å²) >= 11 is 0. The number of ether oxygens (including phenoxy) is 3. The van der Waals surface area contributed by atoms with E-state index in [9.17, 15) is 4.79 Å². The van der Waals surface area contributed by atoms with Crippen LogP contribution < -0.4 is 19.1 Å². The Morgan fingerprint density at radius 1 is 0.724 bits per heavy atom. The summed E-state index contributed by atoms with van der Waals surface area (Å²) in [5.41, 5.74) is 2.84. The zero-order valence-electron chi connectivity index (χ0n) is 16.7. The van der Waals surface area contributed by atoms with E-state index in [1.165, 1.54) is 0 Å².